The maximum Gasteiger partial charge on any atom is 0.308 e. The van der Waals surface area contributed by atoms with Gasteiger partial charge in [0.2, 0.25) is 10.0 Å². The quantitative estimate of drug-likeness (QED) is 0.354. The number of sulfonamides is 1. The van der Waals surface area contributed by atoms with Crippen LogP contribution in [0.2, 0.25) is 0 Å². The number of piperidine rings is 1. The van der Waals surface area contributed by atoms with E-state index in [-0.39, 0.29) is 15.8 Å². The molecule has 1 aliphatic rings. The summed E-state index contributed by atoms with van der Waals surface area (Å²) in [5.41, 5.74) is 3.85. The molecule has 8 heteroatoms. The summed E-state index contributed by atoms with van der Waals surface area (Å²) in [7, 11) is -3.76. The van der Waals surface area contributed by atoms with Crippen LogP contribution in [0.15, 0.2) is 82.5 Å². The second-order valence-corrected chi connectivity index (χ2v) is 12.4. The van der Waals surface area contributed by atoms with E-state index < -0.39 is 10.0 Å². The van der Waals surface area contributed by atoms with Crippen LogP contribution in [0.1, 0.15) is 43.9 Å². The molecule has 1 aromatic heterocycles. The molecule has 0 bridgehead atoms. The molecule has 0 spiro atoms. The third-order valence-corrected chi connectivity index (χ3v) is 9.49. The van der Waals surface area contributed by atoms with Crippen LogP contribution in [-0.4, -0.2) is 26.1 Å². The minimum atomic E-state index is -3.76. The third kappa shape index (κ3) is 5.26. The molecule has 1 unspecified atom stereocenters. The van der Waals surface area contributed by atoms with Gasteiger partial charge in [-0.2, -0.15) is 0 Å². The standard InChI is InChI=1S/C28H31N3O3S2/c1-20-14-16-30(17-15-20)24-10-8-23(9-11-24)21(2)29-36(33,34)25-12-13-26-27(18-25)35-28(32)31(26)19-22-6-4-3-5-7-22/h3-13,18,20-21,29H,14-17,19H2,1-2H3. The van der Waals surface area contributed by atoms with Crippen molar-refractivity contribution in [1.82, 2.24) is 9.29 Å². The van der Waals surface area contributed by atoms with Gasteiger partial charge in [-0.25, -0.2) is 13.1 Å². The van der Waals surface area contributed by atoms with Crippen molar-refractivity contribution in [3.8, 4) is 0 Å². The number of thiazole rings is 1. The molecule has 3 aromatic carbocycles. The molecule has 1 fully saturated rings. The van der Waals surface area contributed by atoms with E-state index in [2.05, 4.69) is 28.7 Å². The number of nitrogens with one attached hydrogen (secondary N) is 1. The number of fused-ring (bicyclic) bond motifs is 1. The minimum absolute atomic E-state index is 0.104. The van der Waals surface area contributed by atoms with Crippen LogP contribution in [-0.2, 0) is 16.6 Å². The van der Waals surface area contributed by atoms with Crippen molar-refractivity contribution in [2.45, 2.75) is 44.2 Å². The molecule has 1 aliphatic heterocycles. The maximum absolute atomic E-state index is 13.2. The average Bonchev–Trinajstić information content (AvgIpc) is 3.19. The van der Waals surface area contributed by atoms with E-state index in [1.54, 1.807) is 22.8 Å². The Hall–Kier alpha value is -2.94. The lowest BCUT2D eigenvalue weighted by Crippen LogP contribution is -2.32. The van der Waals surface area contributed by atoms with E-state index >= 15 is 0 Å². The van der Waals surface area contributed by atoms with Crippen molar-refractivity contribution < 1.29 is 8.42 Å². The van der Waals surface area contributed by atoms with Crippen LogP contribution in [0, 0.1) is 5.92 Å². The first kappa shape index (κ1) is 24.7. The van der Waals surface area contributed by atoms with Crippen molar-refractivity contribution in [2.24, 2.45) is 5.92 Å². The fourth-order valence-corrected chi connectivity index (χ4v) is 7.00. The summed E-state index contributed by atoms with van der Waals surface area (Å²) >= 11 is 1.07. The smallest absolute Gasteiger partial charge is 0.308 e. The van der Waals surface area contributed by atoms with E-state index in [4.69, 9.17) is 0 Å². The van der Waals surface area contributed by atoms with Gasteiger partial charge >= 0.3 is 4.87 Å². The Kier molecular flexibility index (Phi) is 7.01. The Morgan fingerprint density at radius 1 is 1.00 bits per heavy atom. The van der Waals surface area contributed by atoms with Gasteiger partial charge in [-0.05, 0) is 67.1 Å². The molecule has 5 rings (SSSR count). The van der Waals surface area contributed by atoms with Gasteiger partial charge in [0, 0.05) is 24.8 Å². The highest BCUT2D eigenvalue weighted by Crippen LogP contribution is 2.27. The first-order valence-corrected chi connectivity index (χ1v) is 14.6. The molecule has 1 atom stereocenters. The van der Waals surface area contributed by atoms with Crippen LogP contribution >= 0.6 is 11.3 Å². The molecule has 36 heavy (non-hydrogen) atoms. The summed E-state index contributed by atoms with van der Waals surface area (Å²) in [6, 6.07) is 22.4. The monoisotopic (exact) mass is 521 g/mol. The maximum atomic E-state index is 13.2. The molecule has 0 radical (unpaired) electrons. The Bertz CT molecular complexity index is 1500. The van der Waals surface area contributed by atoms with E-state index in [1.807, 2.05) is 49.4 Å². The zero-order valence-electron chi connectivity index (χ0n) is 20.6. The molecule has 188 valence electrons. The molecule has 1 saturated heterocycles. The normalized spacial score (nSPS) is 15.9. The minimum Gasteiger partial charge on any atom is -0.372 e. The second kappa shape index (κ2) is 10.2. The third-order valence-electron chi connectivity index (χ3n) is 7.01. The number of hydrogen-bond acceptors (Lipinski definition) is 5. The summed E-state index contributed by atoms with van der Waals surface area (Å²) in [5.74, 6) is 0.776. The number of aromatic nitrogens is 1. The fourth-order valence-electron chi connectivity index (χ4n) is 4.74. The Morgan fingerprint density at radius 2 is 1.69 bits per heavy atom. The number of hydrogen-bond donors (Lipinski definition) is 1. The van der Waals surface area contributed by atoms with Gasteiger partial charge in [-0.1, -0.05) is 60.7 Å². The van der Waals surface area contributed by atoms with Crippen LogP contribution in [0.25, 0.3) is 10.2 Å². The predicted octanol–water partition coefficient (Wildman–Crippen LogP) is 5.39. The molecule has 2 heterocycles. The fraction of sp³-hybridized carbons (Fsp3) is 0.321. The lowest BCUT2D eigenvalue weighted by atomic mass is 9.98. The summed E-state index contributed by atoms with van der Waals surface area (Å²) in [6.45, 7) is 6.72. The van der Waals surface area contributed by atoms with Crippen molar-refractivity contribution in [2.75, 3.05) is 18.0 Å². The summed E-state index contributed by atoms with van der Waals surface area (Å²) in [6.07, 6.45) is 2.40. The van der Waals surface area contributed by atoms with E-state index in [0.717, 1.165) is 47.0 Å². The zero-order chi connectivity index (χ0) is 25.3. The molecular weight excluding hydrogens is 490 g/mol. The molecule has 0 amide bonds. The van der Waals surface area contributed by atoms with Crippen molar-refractivity contribution >= 4 is 37.3 Å². The van der Waals surface area contributed by atoms with Gasteiger partial charge < -0.3 is 4.90 Å². The highest BCUT2D eigenvalue weighted by Gasteiger charge is 2.21. The van der Waals surface area contributed by atoms with E-state index in [0.29, 0.717) is 11.2 Å². The molecule has 1 N–H and O–H groups in total. The number of benzene rings is 3. The van der Waals surface area contributed by atoms with E-state index in [1.165, 1.54) is 18.5 Å². The van der Waals surface area contributed by atoms with Crippen LogP contribution in [0.3, 0.4) is 0 Å². The molecular formula is C28H31N3O3S2. The van der Waals surface area contributed by atoms with Crippen molar-refractivity contribution in [3.63, 3.8) is 0 Å². The first-order chi connectivity index (χ1) is 17.3. The number of anilines is 1. The summed E-state index contributed by atoms with van der Waals surface area (Å²) in [5, 5.41) is 0. The van der Waals surface area contributed by atoms with Crippen LogP contribution < -0.4 is 14.5 Å². The predicted molar refractivity (Wildman–Crippen MR) is 147 cm³/mol. The summed E-state index contributed by atoms with van der Waals surface area (Å²) in [4.78, 5) is 15.1. The van der Waals surface area contributed by atoms with Gasteiger partial charge in [-0.3, -0.25) is 9.36 Å². The van der Waals surface area contributed by atoms with Gasteiger partial charge in [0.15, 0.2) is 0 Å². The molecule has 4 aromatic rings. The highest BCUT2D eigenvalue weighted by molar-refractivity contribution is 7.89. The van der Waals surface area contributed by atoms with Crippen molar-refractivity contribution in [1.29, 1.82) is 0 Å². The Balaban J connectivity index is 1.32. The Morgan fingerprint density at radius 3 is 2.39 bits per heavy atom. The highest BCUT2D eigenvalue weighted by atomic mass is 32.2. The lowest BCUT2D eigenvalue weighted by molar-refractivity contribution is 0.438. The topological polar surface area (TPSA) is 71.4 Å². The van der Waals surface area contributed by atoms with Crippen LogP contribution in [0.4, 0.5) is 5.69 Å². The van der Waals surface area contributed by atoms with Crippen molar-refractivity contribution in [3.05, 3.63) is 93.6 Å². The molecule has 6 nitrogen and oxygen atoms in total. The van der Waals surface area contributed by atoms with Gasteiger partial charge in [0.25, 0.3) is 0 Å². The first-order valence-electron chi connectivity index (χ1n) is 12.3. The second-order valence-electron chi connectivity index (χ2n) is 9.67. The number of rotatable bonds is 7. The molecule has 0 saturated carbocycles. The lowest BCUT2D eigenvalue weighted by Gasteiger charge is -2.32. The van der Waals surface area contributed by atoms with Crippen LogP contribution in [0.5, 0.6) is 0 Å². The Labute approximate surface area is 216 Å². The number of nitrogens with zero attached hydrogens (tertiary/aromatic N) is 2. The summed E-state index contributed by atoms with van der Waals surface area (Å²) < 4.78 is 31.5. The SMILES string of the molecule is CC1CCN(c2ccc(C(C)NS(=O)(=O)c3ccc4c(c3)sc(=O)n4Cc3ccccc3)cc2)CC1. The zero-order valence-corrected chi connectivity index (χ0v) is 22.2. The molecule has 0 aliphatic carbocycles. The van der Waals surface area contributed by atoms with Gasteiger partial charge in [0.1, 0.15) is 0 Å². The van der Waals surface area contributed by atoms with E-state index in [9.17, 15) is 13.2 Å². The largest absolute Gasteiger partial charge is 0.372 e. The average molecular weight is 522 g/mol. The van der Waals surface area contributed by atoms with Gasteiger partial charge in [0.05, 0.1) is 21.7 Å². The van der Waals surface area contributed by atoms with Gasteiger partial charge in [-0.15, -0.1) is 0 Å².